The fourth-order valence-electron chi connectivity index (χ4n) is 2.87. The van der Waals surface area contributed by atoms with Crippen molar-refractivity contribution in [3.8, 4) is 0 Å². The summed E-state index contributed by atoms with van der Waals surface area (Å²) >= 11 is 0. The molecule has 0 radical (unpaired) electrons. The topological polar surface area (TPSA) is 92.5 Å². The maximum absolute atomic E-state index is 12.7. The standard InChI is InChI=1S/C16H25N3O3S/c1-11-6-7-13(9-15(11)18-23(3,21)22)16(20)19-8-4-5-14(10-19)12(2)17/h6-7,9,12,14,18H,4-5,8,10,17H2,1-3H3. The fourth-order valence-corrected chi connectivity index (χ4v) is 3.49. The van der Waals surface area contributed by atoms with Gasteiger partial charge < -0.3 is 10.6 Å². The van der Waals surface area contributed by atoms with Gasteiger partial charge in [-0.1, -0.05) is 6.07 Å². The summed E-state index contributed by atoms with van der Waals surface area (Å²) in [4.78, 5) is 14.5. The Morgan fingerprint density at radius 3 is 2.74 bits per heavy atom. The van der Waals surface area contributed by atoms with Gasteiger partial charge in [0.2, 0.25) is 10.0 Å². The highest BCUT2D eigenvalue weighted by atomic mass is 32.2. The van der Waals surface area contributed by atoms with Gasteiger partial charge in [-0.15, -0.1) is 0 Å². The minimum atomic E-state index is -3.38. The zero-order chi connectivity index (χ0) is 17.2. The number of nitrogens with zero attached hydrogens (tertiary/aromatic N) is 1. The summed E-state index contributed by atoms with van der Waals surface area (Å²) in [6, 6.07) is 5.16. The fraction of sp³-hybridized carbons (Fsp3) is 0.562. The zero-order valence-corrected chi connectivity index (χ0v) is 14.7. The lowest BCUT2D eigenvalue weighted by atomic mass is 9.92. The largest absolute Gasteiger partial charge is 0.338 e. The van der Waals surface area contributed by atoms with Crippen LogP contribution < -0.4 is 10.5 Å². The van der Waals surface area contributed by atoms with Crippen LogP contribution in [0, 0.1) is 12.8 Å². The second kappa shape index (κ2) is 6.88. The Morgan fingerprint density at radius 1 is 1.43 bits per heavy atom. The summed E-state index contributed by atoms with van der Waals surface area (Å²) < 4.78 is 25.3. The van der Waals surface area contributed by atoms with Crippen molar-refractivity contribution in [1.29, 1.82) is 0 Å². The SMILES string of the molecule is Cc1ccc(C(=O)N2CCCC(C(C)N)C2)cc1NS(C)(=O)=O. The number of anilines is 1. The van der Waals surface area contributed by atoms with Crippen molar-refractivity contribution in [2.45, 2.75) is 32.7 Å². The summed E-state index contributed by atoms with van der Waals surface area (Å²) in [7, 11) is -3.38. The Morgan fingerprint density at radius 2 is 2.13 bits per heavy atom. The number of amides is 1. The average molecular weight is 339 g/mol. The summed E-state index contributed by atoms with van der Waals surface area (Å²) in [5.74, 6) is 0.235. The normalized spacial score (nSPS) is 20.2. The molecule has 1 aromatic rings. The molecule has 2 atom stereocenters. The van der Waals surface area contributed by atoms with Gasteiger partial charge >= 0.3 is 0 Å². The van der Waals surface area contributed by atoms with Crippen molar-refractivity contribution < 1.29 is 13.2 Å². The van der Waals surface area contributed by atoms with Crippen LogP contribution in [0.4, 0.5) is 5.69 Å². The van der Waals surface area contributed by atoms with Crippen molar-refractivity contribution in [1.82, 2.24) is 4.90 Å². The van der Waals surface area contributed by atoms with Crippen LogP contribution in [0.1, 0.15) is 35.7 Å². The molecule has 0 aliphatic carbocycles. The Bertz CT molecular complexity index is 686. The van der Waals surface area contributed by atoms with Crippen LogP contribution in [-0.4, -0.2) is 44.6 Å². The van der Waals surface area contributed by atoms with Crippen LogP contribution >= 0.6 is 0 Å². The monoisotopic (exact) mass is 339 g/mol. The number of carbonyl (C=O) groups is 1. The molecule has 1 amide bonds. The number of likely N-dealkylation sites (tertiary alicyclic amines) is 1. The average Bonchev–Trinajstić information content (AvgIpc) is 2.47. The number of benzene rings is 1. The van der Waals surface area contributed by atoms with E-state index >= 15 is 0 Å². The summed E-state index contributed by atoms with van der Waals surface area (Å²) in [5.41, 5.74) is 7.68. The van der Waals surface area contributed by atoms with Crippen molar-refractivity contribution >= 4 is 21.6 Å². The van der Waals surface area contributed by atoms with Gasteiger partial charge in [0.05, 0.1) is 11.9 Å². The molecule has 23 heavy (non-hydrogen) atoms. The second-order valence-corrected chi connectivity index (χ2v) is 8.16. The smallest absolute Gasteiger partial charge is 0.253 e. The second-order valence-electron chi connectivity index (χ2n) is 6.42. The minimum absolute atomic E-state index is 0.0612. The third-order valence-electron chi connectivity index (χ3n) is 4.27. The first-order valence-electron chi connectivity index (χ1n) is 7.80. The Labute approximate surface area is 138 Å². The minimum Gasteiger partial charge on any atom is -0.338 e. The molecule has 0 saturated carbocycles. The number of rotatable bonds is 4. The molecule has 2 unspecified atom stereocenters. The highest BCUT2D eigenvalue weighted by Crippen LogP contribution is 2.23. The number of nitrogens with one attached hydrogen (secondary N) is 1. The van der Waals surface area contributed by atoms with Crippen LogP contribution in [0.25, 0.3) is 0 Å². The van der Waals surface area contributed by atoms with Crippen molar-refractivity contribution in [2.75, 3.05) is 24.1 Å². The van der Waals surface area contributed by atoms with Gasteiger partial charge in [0.1, 0.15) is 0 Å². The maximum atomic E-state index is 12.7. The molecule has 0 spiro atoms. The van der Waals surface area contributed by atoms with Crippen LogP contribution in [0.3, 0.4) is 0 Å². The van der Waals surface area contributed by atoms with Crippen LogP contribution in [0.5, 0.6) is 0 Å². The maximum Gasteiger partial charge on any atom is 0.253 e. The number of carbonyl (C=O) groups excluding carboxylic acids is 1. The van der Waals surface area contributed by atoms with E-state index < -0.39 is 10.0 Å². The molecule has 1 aromatic carbocycles. The number of hydrogen-bond acceptors (Lipinski definition) is 4. The Kier molecular flexibility index (Phi) is 5.31. The molecule has 1 fully saturated rings. The molecular formula is C16H25N3O3S. The van der Waals surface area contributed by atoms with E-state index in [1.165, 1.54) is 0 Å². The predicted octanol–water partition coefficient (Wildman–Crippen LogP) is 1.57. The molecule has 1 aliphatic rings. The molecule has 1 heterocycles. The molecule has 3 N–H and O–H groups in total. The van der Waals surface area contributed by atoms with Gasteiger partial charge in [0, 0.05) is 24.7 Å². The molecule has 1 aliphatic heterocycles. The lowest BCUT2D eigenvalue weighted by Gasteiger charge is -2.34. The Hall–Kier alpha value is -1.60. The summed E-state index contributed by atoms with van der Waals surface area (Å²) in [6.07, 6.45) is 3.08. The number of nitrogens with two attached hydrogens (primary N) is 1. The van der Waals surface area contributed by atoms with Gasteiger partial charge in [0.15, 0.2) is 0 Å². The quantitative estimate of drug-likeness (QED) is 0.871. The summed E-state index contributed by atoms with van der Waals surface area (Å²) in [6.45, 7) is 5.14. The van der Waals surface area contributed by atoms with Crippen LogP contribution in [-0.2, 0) is 10.0 Å². The van der Waals surface area contributed by atoms with E-state index in [4.69, 9.17) is 5.73 Å². The van der Waals surface area contributed by atoms with Crippen molar-refractivity contribution in [2.24, 2.45) is 11.7 Å². The number of sulfonamides is 1. The molecule has 6 nitrogen and oxygen atoms in total. The molecule has 2 rings (SSSR count). The van der Waals surface area contributed by atoms with Gasteiger partial charge in [-0.05, 0) is 50.3 Å². The first-order valence-corrected chi connectivity index (χ1v) is 9.70. The van der Waals surface area contributed by atoms with E-state index in [0.29, 0.717) is 30.3 Å². The van der Waals surface area contributed by atoms with E-state index in [1.807, 2.05) is 11.8 Å². The third kappa shape index (κ3) is 4.68. The highest BCUT2D eigenvalue weighted by Gasteiger charge is 2.26. The molecule has 1 saturated heterocycles. The van der Waals surface area contributed by atoms with Crippen LogP contribution in [0.2, 0.25) is 0 Å². The third-order valence-corrected chi connectivity index (χ3v) is 4.86. The molecule has 0 aromatic heterocycles. The zero-order valence-electron chi connectivity index (χ0n) is 13.9. The molecule has 7 heteroatoms. The predicted molar refractivity (Wildman–Crippen MR) is 91.9 cm³/mol. The van der Waals surface area contributed by atoms with E-state index in [9.17, 15) is 13.2 Å². The van der Waals surface area contributed by atoms with E-state index in [-0.39, 0.29) is 11.9 Å². The number of hydrogen-bond donors (Lipinski definition) is 2. The van der Waals surface area contributed by atoms with Crippen molar-refractivity contribution in [3.63, 3.8) is 0 Å². The number of aryl methyl sites for hydroxylation is 1. The van der Waals surface area contributed by atoms with Gasteiger partial charge in [-0.3, -0.25) is 9.52 Å². The lowest BCUT2D eigenvalue weighted by Crippen LogP contribution is -2.45. The summed E-state index contributed by atoms with van der Waals surface area (Å²) in [5, 5.41) is 0. The van der Waals surface area contributed by atoms with Gasteiger partial charge in [-0.25, -0.2) is 8.42 Å². The first kappa shape index (κ1) is 17.7. The highest BCUT2D eigenvalue weighted by molar-refractivity contribution is 7.92. The lowest BCUT2D eigenvalue weighted by molar-refractivity contribution is 0.0661. The van der Waals surface area contributed by atoms with E-state index in [2.05, 4.69) is 4.72 Å². The number of piperidine rings is 1. The molecule has 128 valence electrons. The van der Waals surface area contributed by atoms with Crippen molar-refractivity contribution in [3.05, 3.63) is 29.3 Å². The Balaban J connectivity index is 2.21. The first-order chi connectivity index (χ1) is 10.7. The van der Waals surface area contributed by atoms with E-state index in [0.717, 1.165) is 24.7 Å². The van der Waals surface area contributed by atoms with Gasteiger partial charge in [0.25, 0.3) is 5.91 Å². The van der Waals surface area contributed by atoms with Crippen LogP contribution in [0.15, 0.2) is 18.2 Å². The van der Waals surface area contributed by atoms with E-state index in [1.54, 1.807) is 25.1 Å². The molecule has 0 bridgehead atoms. The molecular weight excluding hydrogens is 314 g/mol. The van der Waals surface area contributed by atoms with Gasteiger partial charge in [-0.2, -0.15) is 0 Å².